The molecular formula is C16H17FN2O2. The first-order chi connectivity index (χ1) is 10.1. The lowest BCUT2D eigenvalue weighted by molar-refractivity contribution is -0.132. The summed E-state index contributed by atoms with van der Waals surface area (Å²) in [5.74, 6) is -0.632. The molecule has 4 nitrogen and oxygen atoms in total. The summed E-state index contributed by atoms with van der Waals surface area (Å²) in [5.41, 5.74) is 1.36. The normalized spacial score (nSPS) is 12.0. The first-order valence-corrected chi connectivity index (χ1v) is 6.62. The van der Waals surface area contributed by atoms with Gasteiger partial charge in [-0.25, -0.2) is 4.39 Å². The minimum Gasteiger partial charge on any atom is -0.388 e. The van der Waals surface area contributed by atoms with Crippen LogP contribution in [0.1, 0.15) is 23.7 Å². The van der Waals surface area contributed by atoms with Gasteiger partial charge in [0.25, 0.3) is 0 Å². The third kappa shape index (κ3) is 4.36. The predicted molar refractivity (Wildman–Crippen MR) is 76.7 cm³/mol. The van der Waals surface area contributed by atoms with Crippen LogP contribution in [0.3, 0.4) is 0 Å². The van der Waals surface area contributed by atoms with Gasteiger partial charge in [-0.15, -0.1) is 0 Å². The molecule has 110 valence electrons. The molecule has 0 saturated heterocycles. The van der Waals surface area contributed by atoms with Gasteiger partial charge >= 0.3 is 0 Å². The van der Waals surface area contributed by atoms with Gasteiger partial charge in [0.2, 0.25) is 5.91 Å². The summed E-state index contributed by atoms with van der Waals surface area (Å²) in [5, 5.41) is 10.0. The van der Waals surface area contributed by atoms with E-state index in [1.54, 1.807) is 25.5 Å². The number of carbonyl (C=O) groups excluding carboxylic acids is 1. The molecule has 0 aliphatic carbocycles. The van der Waals surface area contributed by atoms with Crippen LogP contribution in [0, 0.1) is 5.82 Å². The molecule has 1 aromatic carbocycles. The van der Waals surface area contributed by atoms with Gasteiger partial charge in [0.15, 0.2) is 0 Å². The monoisotopic (exact) mass is 288 g/mol. The maximum Gasteiger partial charge on any atom is 0.225 e. The highest BCUT2D eigenvalue weighted by molar-refractivity contribution is 5.76. The van der Waals surface area contributed by atoms with Gasteiger partial charge < -0.3 is 10.0 Å². The number of aliphatic hydroxyl groups is 1. The highest BCUT2D eigenvalue weighted by Gasteiger charge is 2.17. The van der Waals surface area contributed by atoms with Crippen molar-refractivity contribution >= 4 is 5.91 Å². The van der Waals surface area contributed by atoms with Crippen molar-refractivity contribution in [1.82, 2.24) is 9.88 Å². The van der Waals surface area contributed by atoms with Crippen LogP contribution < -0.4 is 0 Å². The Morgan fingerprint density at radius 1 is 1.33 bits per heavy atom. The number of carbonyl (C=O) groups is 1. The lowest BCUT2D eigenvalue weighted by atomic mass is 10.1. The van der Waals surface area contributed by atoms with E-state index in [9.17, 15) is 14.3 Å². The van der Waals surface area contributed by atoms with Crippen molar-refractivity contribution in [3.63, 3.8) is 0 Å². The van der Waals surface area contributed by atoms with Crippen LogP contribution in [0.2, 0.25) is 0 Å². The average molecular weight is 288 g/mol. The molecule has 2 aromatic rings. The van der Waals surface area contributed by atoms with E-state index < -0.39 is 11.9 Å². The smallest absolute Gasteiger partial charge is 0.225 e. The molecule has 2 rings (SSSR count). The Kier molecular flexibility index (Phi) is 5.00. The molecule has 1 N–H and O–H groups in total. The van der Waals surface area contributed by atoms with Gasteiger partial charge in [-0.2, -0.15) is 0 Å². The second kappa shape index (κ2) is 6.95. The van der Waals surface area contributed by atoms with Crippen LogP contribution >= 0.6 is 0 Å². The summed E-state index contributed by atoms with van der Waals surface area (Å²) < 4.78 is 13.1. The number of aromatic nitrogens is 1. The van der Waals surface area contributed by atoms with Crippen LogP contribution in [0.25, 0.3) is 0 Å². The van der Waals surface area contributed by atoms with E-state index in [0.717, 1.165) is 5.56 Å². The van der Waals surface area contributed by atoms with Crippen LogP contribution in [-0.4, -0.2) is 27.9 Å². The van der Waals surface area contributed by atoms with Crippen molar-refractivity contribution in [3.8, 4) is 0 Å². The van der Waals surface area contributed by atoms with Crippen LogP contribution in [-0.2, 0) is 11.3 Å². The van der Waals surface area contributed by atoms with Gasteiger partial charge in [0.05, 0.1) is 12.5 Å². The molecule has 0 aliphatic heterocycles. The lowest BCUT2D eigenvalue weighted by Crippen LogP contribution is -2.27. The molecule has 1 aromatic heterocycles. The van der Waals surface area contributed by atoms with E-state index in [1.807, 2.05) is 12.1 Å². The Bertz CT molecular complexity index is 604. The standard InChI is InChI=1S/C16H17FN2O2/c1-19(11-12-5-7-18-8-6-12)16(21)10-15(20)13-3-2-4-14(17)9-13/h2-9,15,20H,10-11H2,1H3. The first kappa shape index (κ1) is 15.1. The number of rotatable bonds is 5. The lowest BCUT2D eigenvalue weighted by Gasteiger charge is -2.19. The van der Waals surface area contributed by atoms with E-state index in [1.165, 1.54) is 23.1 Å². The van der Waals surface area contributed by atoms with Gasteiger partial charge in [0, 0.05) is 26.0 Å². The van der Waals surface area contributed by atoms with Crippen molar-refractivity contribution in [2.24, 2.45) is 0 Å². The topological polar surface area (TPSA) is 53.4 Å². The van der Waals surface area contributed by atoms with Crippen molar-refractivity contribution in [2.45, 2.75) is 19.1 Å². The Hall–Kier alpha value is -2.27. The van der Waals surface area contributed by atoms with Gasteiger partial charge in [-0.3, -0.25) is 9.78 Å². The van der Waals surface area contributed by atoms with E-state index in [2.05, 4.69) is 4.98 Å². The van der Waals surface area contributed by atoms with Crippen LogP contribution in [0.5, 0.6) is 0 Å². The van der Waals surface area contributed by atoms with Crippen molar-refractivity contribution in [2.75, 3.05) is 7.05 Å². The number of halogens is 1. The van der Waals surface area contributed by atoms with Gasteiger partial charge in [-0.1, -0.05) is 12.1 Å². The fourth-order valence-electron chi connectivity index (χ4n) is 2.00. The van der Waals surface area contributed by atoms with Crippen molar-refractivity contribution < 1.29 is 14.3 Å². The molecule has 0 aliphatic rings. The second-order valence-corrected chi connectivity index (χ2v) is 4.88. The molecule has 0 bridgehead atoms. The van der Waals surface area contributed by atoms with E-state index >= 15 is 0 Å². The number of hydrogen-bond donors (Lipinski definition) is 1. The summed E-state index contributed by atoms with van der Waals surface area (Å²) in [4.78, 5) is 17.5. The van der Waals surface area contributed by atoms with E-state index in [0.29, 0.717) is 12.1 Å². The summed E-state index contributed by atoms with van der Waals surface area (Å²) in [6.45, 7) is 0.442. The fraction of sp³-hybridized carbons (Fsp3) is 0.250. The molecule has 1 atom stereocenters. The maximum atomic E-state index is 13.1. The number of amides is 1. The number of nitrogens with zero attached hydrogens (tertiary/aromatic N) is 2. The van der Waals surface area contributed by atoms with Crippen molar-refractivity contribution in [3.05, 3.63) is 65.7 Å². The highest BCUT2D eigenvalue weighted by Crippen LogP contribution is 2.18. The zero-order valence-electron chi connectivity index (χ0n) is 11.7. The largest absolute Gasteiger partial charge is 0.388 e. The Morgan fingerprint density at radius 2 is 2.05 bits per heavy atom. The number of aliphatic hydroxyl groups excluding tert-OH is 1. The minimum atomic E-state index is -1.01. The van der Waals surface area contributed by atoms with Gasteiger partial charge in [-0.05, 0) is 35.4 Å². The zero-order chi connectivity index (χ0) is 15.2. The molecule has 0 spiro atoms. The molecule has 21 heavy (non-hydrogen) atoms. The Morgan fingerprint density at radius 3 is 2.71 bits per heavy atom. The molecule has 1 amide bonds. The first-order valence-electron chi connectivity index (χ1n) is 6.62. The summed E-state index contributed by atoms with van der Waals surface area (Å²) in [7, 11) is 1.67. The molecule has 0 fully saturated rings. The quantitative estimate of drug-likeness (QED) is 0.918. The summed E-state index contributed by atoms with van der Waals surface area (Å²) >= 11 is 0. The Balaban J connectivity index is 1.94. The minimum absolute atomic E-state index is 0.0783. The van der Waals surface area contributed by atoms with E-state index in [4.69, 9.17) is 0 Å². The average Bonchev–Trinajstić information content (AvgIpc) is 2.48. The molecule has 5 heteroatoms. The van der Waals surface area contributed by atoms with Crippen molar-refractivity contribution in [1.29, 1.82) is 0 Å². The summed E-state index contributed by atoms with van der Waals surface area (Å²) in [6, 6.07) is 9.30. The second-order valence-electron chi connectivity index (χ2n) is 4.88. The third-order valence-corrected chi connectivity index (χ3v) is 3.20. The predicted octanol–water partition coefficient (Wildman–Crippen LogP) is 2.30. The molecular weight excluding hydrogens is 271 g/mol. The third-order valence-electron chi connectivity index (χ3n) is 3.20. The van der Waals surface area contributed by atoms with Crippen LogP contribution in [0.15, 0.2) is 48.8 Å². The molecule has 1 unspecified atom stereocenters. The molecule has 0 saturated carbocycles. The maximum absolute atomic E-state index is 13.1. The number of hydrogen-bond acceptors (Lipinski definition) is 3. The van der Waals surface area contributed by atoms with E-state index in [-0.39, 0.29) is 12.3 Å². The number of benzene rings is 1. The van der Waals surface area contributed by atoms with Crippen LogP contribution in [0.4, 0.5) is 4.39 Å². The molecule has 1 heterocycles. The fourth-order valence-corrected chi connectivity index (χ4v) is 2.00. The molecule has 0 radical (unpaired) electrons. The Labute approximate surface area is 122 Å². The SMILES string of the molecule is CN(Cc1ccncc1)C(=O)CC(O)c1cccc(F)c1. The zero-order valence-corrected chi connectivity index (χ0v) is 11.7. The summed E-state index contributed by atoms with van der Waals surface area (Å²) in [6.07, 6.45) is 2.24. The highest BCUT2D eigenvalue weighted by atomic mass is 19.1. The number of pyridine rings is 1. The van der Waals surface area contributed by atoms with Gasteiger partial charge in [0.1, 0.15) is 5.82 Å².